The third-order valence-corrected chi connectivity index (χ3v) is 4.22. The van der Waals surface area contributed by atoms with Crippen molar-refractivity contribution in [3.63, 3.8) is 0 Å². The third-order valence-electron chi connectivity index (χ3n) is 3.23. The first-order valence-corrected chi connectivity index (χ1v) is 7.64. The zero-order valence-electron chi connectivity index (χ0n) is 11.1. The second-order valence-electron chi connectivity index (χ2n) is 4.86. The van der Waals surface area contributed by atoms with Crippen LogP contribution in [0, 0.1) is 6.92 Å². The molecule has 1 saturated carbocycles. The maximum atomic E-state index is 11.8. The van der Waals surface area contributed by atoms with E-state index in [9.17, 15) is 9.00 Å². The zero-order chi connectivity index (χ0) is 13.7. The average Bonchev–Trinajstić information content (AvgIpc) is 2.89. The van der Waals surface area contributed by atoms with Gasteiger partial charge in [0.15, 0.2) is 11.1 Å². The highest BCUT2D eigenvalue weighted by molar-refractivity contribution is 7.80. The topological polar surface area (TPSA) is 55.4 Å². The Morgan fingerprint density at radius 2 is 1.95 bits per heavy atom. The van der Waals surface area contributed by atoms with Gasteiger partial charge < -0.3 is 5.32 Å². The SMILES string of the molecule is Cc1ccc(S(=O)OCC(=O)NC2CCCC2)cc1. The molecule has 5 heteroatoms. The largest absolute Gasteiger partial charge is 0.351 e. The molecule has 0 radical (unpaired) electrons. The Labute approximate surface area is 116 Å². The highest BCUT2D eigenvalue weighted by Crippen LogP contribution is 2.17. The van der Waals surface area contributed by atoms with E-state index in [-0.39, 0.29) is 18.6 Å². The molecule has 1 aromatic rings. The first-order valence-electron chi connectivity index (χ1n) is 6.56. The molecule has 1 fully saturated rings. The predicted molar refractivity (Wildman–Crippen MR) is 73.9 cm³/mol. The van der Waals surface area contributed by atoms with Crippen LogP contribution in [0.2, 0.25) is 0 Å². The first-order chi connectivity index (χ1) is 9.15. The number of hydrogen-bond acceptors (Lipinski definition) is 3. The van der Waals surface area contributed by atoms with Crippen LogP contribution in [0.25, 0.3) is 0 Å². The van der Waals surface area contributed by atoms with Crippen LogP contribution in [-0.4, -0.2) is 22.8 Å². The number of rotatable bonds is 5. The van der Waals surface area contributed by atoms with Crippen molar-refractivity contribution in [1.82, 2.24) is 5.32 Å². The Kier molecular flexibility index (Phi) is 5.10. The van der Waals surface area contributed by atoms with Crippen molar-refractivity contribution in [3.8, 4) is 0 Å². The van der Waals surface area contributed by atoms with E-state index < -0.39 is 11.1 Å². The number of benzene rings is 1. The molecule has 1 atom stereocenters. The summed E-state index contributed by atoms with van der Waals surface area (Å²) in [6, 6.07) is 7.51. The lowest BCUT2D eigenvalue weighted by Crippen LogP contribution is -2.35. The molecule has 1 aromatic carbocycles. The van der Waals surface area contributed by atoms with Crippen molar-refractivity contribution < 1.29 is 13.2 Å². The lowest BCUT2D eigenvalue weighted by Gasteiger charge is -2.11. The first kappa shape index (κ1) is 14.2. The summed E-state index contributed by atoms with van der Waals surface area (Å²) in [6.07, 6.45) is 4.40. The fraction of sp³-hybridized carbons (Fsp3) is 0.500. The molecule has 0 heterocycles. The maximum Gasteiger partial charge on any atom is 0.247 e. The number of hydrogen-bond donors (Lipinski definition) is 1. The molecule has 19 heavy (non-hydrogen) atoms. The van der Waals surface area contributed by atoms with Crippen LogP contribution in [0.15, 0.2) is 29.2 Å². The third kappa shape index (κ3) is 4.44. The minimum Gasteiger partial charge on any atom is -0.351 e. The smallest absolute Gasteiger partial charge is 0.247 e. The molecule has 1 aliphatic rings. The van der Waals surface area contributed by atoms with Crippen LogP contribution in [-0.2, 0) is 20.1 Å². The Morgan fingerprint density at radius 1 is 1.32 bits per heavy atom. The standard InChI is InChI=1S/C14H19NO3S/c1-11-6-8-13(9-7-11)19(17)18-10-14(16)15-12-4-2-3-5-12/h6-9,12H,2-5,10H2,1H3,(H,15,16). The van der Waals surface area contributed by atoms with Crippen molar-refractivity contribution in [2.24, 2.45) is 0 Å². The van der Waals surface area contributed by atoms with E-state index >= 15 is 0 Å². The van der Waals surface area contributed by atoms with Gasteiger partial charge in [0, 0.05) is 6.04 Å². The minimum absolute atomic E-state index is 0.156. The summed E-state index contributed by atoms with van der Waals surface area (Å²) >= 11 is -1.58. The minimum atomic E-state index is -1.58. The summed E-state index contributed by atoms with van der Waals surface area (Å²) in [6.45, 7) is 1.81. The van der Waals surface area contributed by atoms with E-state index in [0.717, 1.165) is 18.4 Å². The molecular weight excluding hydrogens is 262 g/mol. The van der Waals surface area contributed by atoms with E-state index in [1.807, 2.05) is 19.1 Å². The predicted octanol–water partition coefficient (Wildman–Crippen LogP) is 2.09. The molecule has 0 spiro atoms. The van der Waals surface area contributed by atoms with Gasteiger partial charge in [0.1, 0.15) is 6.61 Å². The van der Waals surface area contributed by atoms with Gasteiger partial charge in [-0.3, -0.25) is 8.98 Å². The summed E-state index contributed by atoms with van der Waals surface area (Å²) < 4.78 is 16.9. The van der Waals surface area contributed by atoms with E-state index in [2.05, 4.69) is 5.32 Å². The van der Waals surface area contributed by atoms with Gasteiger partial charge in [-0.05, 0) is 31.9 Å². The molecule has 0 saturated heterocycles. The van der Waals surface area contributed by atoms with E-state index in [4.69, 9.17) is 4.18 Å². The Bertz CT molecular complexity index is 452. The van der Waals surface area contributed by atoms with Gasteiger partial charge in [-0.15, -0.1) is 0 Å². The second-order valence-corrected chi connectivity index (χ2v) is 6.04. The van der Waals surface area contributed by atoms with Gasteiger partial charge in [0.05, 0.1) is 4.90 Å². The Hall–Kier alpha value is -1.20. The molecule has 104 valence electrons. The maximum absolute atomic E-state index is 11.8. The zero-order valence-corrected chi connectivity index (χ0v) is 11.9. The van der Waals surface area contributed by atoms with E-state index in [0.29, 0.717) is 4.90 Å². The van der Waals surface area contributed by atoms with Crippen LogP contribution in [0.5, 0.6) is 0 Å². The monoisotopic (exact) mass is 281 g/mol. The highest BCUT2D eigenvalue weighted by atomic mass is 32.2. The Morgan fingerprint density at radius 3 is 2.58 bits per heavy atom. The summed E-state index contributed by atoms with van der Waals surface area (Å²) in [4.78, 5) is 12.2. The molecule has 1 aliphatic carbocycles. The van der Waals surface area contributed by atoms with Crippen LogP contribution in [0.1, 0.15) is 31.2 Å². The van der Waals surface area contributed by atoms with Crippen molar-refractivity contribution in [2.75, 3.05) is 6.61 Å². The molecule has 1 unspecified atom stereocenters. The second kappa shape index (κ2) is 6.82. The van der Waals surface area contributed by atoms with Gasteiger partial charge in [0.2, 0.25) is 5.91 Å². The van der Waals surface area contributed by atoms with Gasteiger partial charge in [-0.2, -0.15) is 0 Å². The van der Waals surface area contributed by atoms with Crippen molar-refractivity contribution in [3.05, 3.63) is 29.8 Å². The number of carbonyl (C=O) groups is 1. The number of aryl methyl sites for hydroxylation is 1. The summed E-state index contributed by atoms with van der Waals surface area (Å²) in [5.74, 6) is -0.188. The molecule has 1 amide bonds. The molecule has 0 aromatic heterocycles. The lowest BCUT2D eigenvalue weighted by molar-refractivity contribution is -0.123. The van der Waals surface area contributed by atoms with Crippen LogP contribution >= 0.6 is 0 Å². The number of amides is 1. The molecule has 1 N–H and O–H groups in total. The normalized spacial score (nSPS) is 17.3. The summed E-state index contributed by atoms with van der Waals surface area (Å²) in [5.41, 5.74) is 1.10. The molecular formula is C14H19NO3S. The Balaban J connectivity index is 1.76. The van der Waals surface area contributed by atoms with Crippen LogP contribution < -0.4 is 5.32 Å². The highest BCUT2D eigenvalue weighted by Gasteiger charge is 2.17. The van der Waals surface area contributed by atoms with Gasteiger partial charge in [-0.1, -0.05) is 30.5 Å². The fourth-order valence-corrected chi connectivity index (χ4v) is 2.87. The van der Waals surface area contributed by atoms with Gasteiger partial charge in [0.25, 0.3) is 0 Å². The summed E-state index contributed by atoms with van der Waals surface area (Å²) in [5, 5.41) is 2.90. The quantitative estimate of drug-likeness (QED) is 0.899. The molecule has 0 aliphatic heterocycles. The average molecular weight is 281 g/mol. The fourth-order valence-electron chi connectivity index (χ4n) is 2.16. The van der Waals surface area contributed by atoms with E-state index in [1.165, 1.54) is 12.8 Å². The van der Waals surface area contributed by atoms with Crippen molar-refractivity contribution in [2.45, 2.75) is 43.5 Å². The molecule has 4 nitrogen and oxygen atoms in total. The molecule has 2 rings (SSSR count). The van der Waals surface area contributed by atoms with Crippen molar-refractivity contribution >= 4 is 17.0 Å². The van der Waals surface area contributed by atoms with Gasteiger partial charge >= 0.3 is 0 Å². The summed E-state index contributed by atoms with van der Waals surface area (Å²) in [7, 11) is 0. The van der Waals surface area contributed by atoms with Crippen LogP contribution in [0.3, 0.4) is 0 Å². The molecule has 0 bridgehead atoms. The lowest BCUT2D eigenvalue weighted by atomic mass is 10.2. The van der Waals surface area contributed by atoms with E-state index in [1.54, 1.807) is 12.1 Å². The van der Waals surface area contributed by atoms with Crippen LogP contribution in [0.4, 0.5) is 0 Å². The number of nitrogens with one attached hydrogen (secondary N) is 1. The van der Waals surface area contributed by atoms with Crippen molar-refractivity contribution in [1.29, 1.82) is 0 Å². The number of carbonyl (C=O) groups excluding carboxylic acids is 1. The van der Waals surface area contributed by atoms with Gasteiger partial charge in [-0.25, -0.2) is 4.21 Å².